The van der Waals surface area contributed by atoms with E-state index in [0.717, 1.165) is 0 Å². The van der Waals surface area contributed by atoms with Crippen LogP contribution in [0.3, 0.4) is 0 Å². The molecule has 0 bridgehead atoms. The molecule has 5 heteroatoms. The lowest BCUT2D eigenvalue weighted by Gasteiger charge is -1.97. The van der Waals surface area contributed by atoms with Crippen LogP contribution in [-0.4, -0.2) is 17.6 Å². The zero-order valence-electron chi connectivity index (χ0n) is 7.66. The lowest BCUT2D eigenvalue weighted by molar-refractivity contribution is 0.0489. The van der Waals surface area contributed by atoms with E-state index in [4.69, 9.17) is 14.9 Å². The van der Waals surface area contributed by atoms with Crippen LogP contribution in [0.2, 0.25) is 0 Å². The Labute approximate surface area is 75.9 Å². The Morgan fingerprint density at radius 2 is 2.31 bits per heavy atom. The summed E-state index contributed by atoms with van der Waals surface area (Å²) in [6, 6.07) is -0.0000898. The second-order valence-corrected chi connectivity index (χ2v) is 2.40. The molecule has 0 fully saturated rings. The van der Waals surface area contributed by atoms with Gasteiger partial charge in [0.15, 0.2) is 0 Å². The van der Waals surface area contributed by atoms with Gasteiger partial charge >= 0.3 is 5.97 Å². The van der Waals surface area contributed by atoms with Crippen molar-refractivity contribution < 1.29 is 13.9 Å². The molecule has 1 heterocycles. The zero-order chi connectivity index (χ0) is 9.84. The van der Waals surface area contributed by atoms with E-state index < -0.39 is 5.97 Å². The third-order valence-electron chi connectivity index (χ3n) is 1.51. The van der Waals surface area contributed by atoms with Gasteiger partial charge < -0.3 is 14.9 Å². The van der Waals surface area contributed by atoms with Crippen LogP contribution in [0.25, 0.3) is 0 Å². The monoisotopic (exact) mass is 184 g/mol. The van der Waals surface area contributed by atoms with Crippen molar-refractivity contribution in [3.8, 4) is 0 Å². The number of anilines is 1. The summed E-state index contributed by atoms with van der Waals surface area (Å²) in [6.07, 6.45) is 0.592. The Balaban J connectivity index is 2.91. The summed E-state index contributed by atoms with van der Waals surface area (Å²) in [7, 11) is 0. The first-order chi connectivity index (χ1) is 6.19. The first-order valence-corrected chi connectivity index (χ1v) is 4.11. The quantitative estimate of drug-likeness (QED) is 0.709. The smallest absolute Gasteiger partial charge is 0.376 e. The molecule has 0 spiro atoms. The average Bonchev–Trinajstić information content (AvgIpc) is 2.47. The highest BCUT2D eigenvalue weighted by molar-refractivity contribution is 5.87. The Bertz CT molecular complexity index is 306. The predicted octanol–water partition coefficient (Wildman–Crippen LogP) is 0.996. The fourth-order valence-electron chi connectivity index (χ4n) is 0.966. The van der Waals surface area contributed by atoms with E-state index in [9.17, 15) is 4.79 Å². The van der Waals surface area contributed by atoms with Gasteiger partial charge in [0.2, 0.25) is 5.76 Å². The van der Waals surface area contributed by atoms with E-state index in [1.54, 1.807) is 6.92 Å². The molecule has 5 nitrogen and oxygen atoms in total. The van der Waals surface area contributed by atoms with Crippen molar-refractivity contribution in [2.45, 2.75) is 20.3 Å². The van der Waals surface area contributed by atoms with Crippen LogP contribution in [0.1, 0.15) is 30.1 Å². The van der Waals surface area contributed by atoms with Crippen molar-refractivity contribution in [1.82, 2.24) is 4.98 Å². The molecule has 1 aromatic rings. The molecule has 0 aromatic carbocycles. The molecule has 0 radical (unpaired) electrons. The number of oxazole rings is 1. The molecular weight excluding hydrogens is 172 g/mol. The van der Waals surface area contributed by atoms with Crippen molar-refractivity contribution in [3.05, 3.63) is 11.5 Å². The first kappa shape index (κ1) is 9.57. The van der Waals surface area contributed by atoms with Gasteiger partial charge in [-0.3, -0.25) is 0 Å². The summed E-state index contributed by atoms with van der Waals surface area (Å²) in [6.45, 7) is 3.89. The van der Waals surface area contributed by atoms with E-state index in [2.05, 4.69) is 4.98 Å². The molecule has 0 unspecified atom stereocenters. The van der Waals surface area contributed by atoms with Crippen molar-refractivity contribution in [2.75, 3.05) is 12.3 Å². The Hall–Kier alpha value is -1.52. The largest absolute Gasteiger partial charge is 0.460 e. The number of esters is 1. The van der Waals surface area contributed by atoms with E-state index >= 15 is 0 Å². The second-order valence-electron chi connectivity index (χ2n) is 2.40. The summed E-state index contributed by atoms with van der Waals surface area (Å²) >= 11 is 0. The number of aromatic nitrogens is 1. The fourth-order valence-corrected chi connectivity index (χ4v) is 0.966. The van der Waals surface area contributed by atoms with Gasteiger partial charge in [-0.05, 0) is 13.3 Å². The van der Waals surface area contributed by atoms with E-state index in [-0.39, 0.29) is 11.8 Å². The molecule has 1 rings (SSSR count). The summed E-state index contributed by atoms with van der Waals surface area (Å²) in [5.41, 5.74) is 5.84. The maximum atomic E-state index is 11.2. The number of carbonyl (C=O) groups excluding carboxylic acids is 1. The van der Waals surface area contributed by atoms with E-state index in [1.807, 2.05) is 6.92 Å². The number of nitrogens with two attached hydrogens (primary N) is 1. The minimum absolute atomic E-state index is 0.0000898. The van der Waals surface area contributed by atoms with Crippen LogP contribution in [0, 0.1) is 0 Å². The summed E-state index contributed by atoms with van der Waals surface area (Å²) in [4.78, 5) is 15.1. The first-order valence-electron chi connectivity index (χ1n) is 4.11. The molecule has 0 saturated heterocycles. The number of carbonyl (C=O) groups is 1. The van der Waals surface area contributed by atoms with Gasteiger partial charge in [0.05, 0.1) is 12.3 Å². The normalized spacial score (nSPS) is 10.0. The maximum absolute atomic E-state index is 11.2. The van der Waals surface area contributed by atoms with E-state index in [0.29, 0.717) is 18.7 Å². The molecule has 0 atom stereocenters. The minimum Gasteiger partial charge on any atom is -0.460 e. The van der Waals surface area contributed by atoms with Crippen LogP contribution in [0.5, 0.6) is 0 Å². The molecule has 0 saturated carbocycles. The highest BCUT2D eigenvalue weighted by Crippen LogP contribution is 2.14. The standard InChI is InChI=1S/C8H12N2O3/c1-3-5-6(7(11)12-4-2)13-8(9)10-5/h3-4H2,1-2H3,(H2,9,10). The molecule has 0 amide bonds. The number of aryl methyl sites for hydroxylation is 1. The summed E-state index contributed by atoms with van der Waals surface area (Å²) in [5.74, 6) is -0.398. The third-order valence-corrected chi connectivity index (χ3v) is 1.51. The third kappa shape index (κ3) is 1.99. The predicted molar refractivity (Wildman–Crippen MR) is 46.2 cm³/mol. The van der Waals surface area contributed by atoms with Crippen molar-refractivity contribution in [3.63, 3.8) is 0 Å². The number of rotatable bonds is 3. The van der Waals surface area contributed by atoms with Crippen molar-refractivity contribution in [2.24, 2.45) is 0 Å². The Morgan fingerprint density at radius 3 is 2.85 bits per heavy atom. The lowest BCUT2D eigenvalue weighted by atomic mass is 10.3. The number of nitrogen functional groups attached to an aromatic ring is 1. The fraction of sp³-hybridized carbons (Fsp3) is 0.500. The van der Waals surface area contributed by atoms with E-state index in [1.165, 1.54) is 0 Å². The summed E-state index contributed by atoms with van der Waals surface area (Å²) < 4.78 is 9.67. The number of nitrogens with zero attached hydrogens (tertiary/aromatic N) is 1. The highest BCUT2D eigenvalue weighted by Gasteiger charge is 2.18. The van der Waals surface area contributed by atoms with Gasteiger partial charge in [-0.1, -0.05) is 6.92 Å². The van der Waals surface area contributed by atoms with Crippen LogP contribution in [0.4, 0.5) is 6.01 Å². The molecule has 0 aliphatic carbocycles. The zero-order valence-corrected chi connectivity index (χ0v) is 7.66. The van der Waals surface area contributed by atoms with Crippen molar-refractivity contribution >= 4 is 12.0 Å². The van der Waals surface area contributed by atoms with Crippen LogP contribution >= 0.6 is 0 Å². The molecule has 2 N–H and O–H groups in total. The molecule has 13 heavy (non-hydrogen) atoms. The summed E-state index contributed by atoms with van der Waals surface area (Å²) in [5, 5.41) is 0. The van der Waals surface area contributed by atoms with Gasteiger partial charge in [0.25, 0.3) is 6.01 Å². The molecule has 72 valence electrons. The van der Waals surface area contributed by atoms with Crippen molar-refractivity contribution in [1.29, 1.82) is 0 Å². The van der Waals surface area contributed by atoms with Crippen LogP contribution in [0.15, 0.2) is 4.42 Å². The molecule has 0 aliphatic heterocycles. The lowest BCUT2D eigenvalue weighted by Crippen LogP contribution is -2.05. The topological polar surface area (TPSA) is 78.3 Å². The number of hydrogen-bond donors (Lipinski definition) is 1. The maximum Gasteiger partial charge on any atom is 0.376 e. The average molecular weight is 184 g/mol. The number of ether oxygens (including phenoxy) is 1. The van der Waals surface area contributed by atoms with Gasteiger partial charge in [0, 0.05) is 0 Å². The Morgan fingerprint density at radius 1 is 1.62 bits per heavy atom. The minimum atomic E-state index is -0.511. The SMILES string of the molecule is CCOC(=O)c1oc(N)nc1CC. The van der Waals surface area contributed by atoms with Crippen LogP contribution in [-0.2, 0) is 11.2 Å². The highest BCUT2D eigenvalue weighted by atomic mass is 16.5. The van der Waals surface area contributed by atoms with Gasteiger partial charge in [-0.15, -0.1) is 0 Å². The number of hydrogen-bond acceptors (Lipinski definition) is 5. The van der Waals surface area contributed by atoms with Gasteiger partial charge in [-0.25, -0.2) is 4.79 Å². The van der Waals surface area contributed by atoms with Gasteiger partial charge in [-0.2, -0.15) is 4.98 Å². The molecular formula is C8H12N2O3. The van der Waals surface area contributed by atoms with Crippen LogP contribution < -0.4 is 5.73 Å². The molecule has 1 aromatic heterocycles. The molecule has 0 aliphatic rings. The Kier molecular flexibility index (Phi) is 2.89. The second kappa shape index (κ2) is 3.93. The van der Waals surface area contributed by atoms with Gasteiger partial charge in [0.1, 0.15) is 0 Å².